The summed E-state index contributed by atoms with van der Waals surface area (Å²) in [6, 6.07) is 1.66. The van der Waals surface area contributed by atoms with Crippen LogP contribution >= 0.6 is 0 Å². The Morgan fingerprint density at radius 1 is 1.36 bits per heavy atom. The van der Waals surface area contributed by atoms with E-state index in [2.05, 4.69) is 31.0 Å². The van der Waals surface area contributed by atoms with Crippen molar-refractivity contribution in [3.63, 3.8) is 0 Å². The Morgan fingerprint density at radius 3 is 2.36 bits per heavy atom. The summed E-state index contributed by atoms with van der Waals surface area (Å²) >= 11 is 0. The highest BCUT2D eigenvalue weighted by molar-refractivity contribution is 5.04. The molecule has 0 spiro atoms. The third-order valence-corrected chi connectivity index (χ3v) is 3.00. The molecule has 64 valence electrons. The maximum absolute atomic E-state index is 3.47. The maximum Gasteiger partial charge on any atom is 0.0379 e. The predicted octanol–water partition coefficient (Wildman–Crippen LogP) is 0.831. The zero-order valence-electron chi connectivity index (χ0n) is 7.72. The van der Waals surface area contributed by atoms with Crippen LogP contribution in [0.3, 0.4) is 0 Å². The fourth-order valence-electron chi connectivity index (χ4n) is 2.29. The standard InChI is InChI=1S/C9H18N2/c1-9(2,3)11-5-4-7-8(11)6-10-7/h7-8,10H,4-6H2,1-3H3/t7-,8-/m0/s1. The van der Waals surface area contributed by atoms with Crippen molar-refractivity contribution in [2.75, 3.05) is 13.1 Å². The number of hydrogen-bond acceptors (Lipinski definition) is 2. The molecule has 0 unspecified atom stereocenters. The molecule has 0 aromatic rings. The van der Waals surface area contributed by atoms with E-state index in [0.717, 1.165) is 12.1 Å². The van der Waals surface area contributed by atoms with Crippen LogP contribution in [0, 0.1) is 0 Å². The predicted molar refractivity (Wildman–Crippen MR) is 46.7 cm³/mol. The Kier molecular flexibility index (Phi) is 1.52. The number of nitrogens with one attached hydrogen (secondary N) is 1. The van der Waals surface area contributed by atoms with E-state index in [0.29, 0.717) is 5.54 Å². The van der Waals surface area contributed by atoms with Crippen molar-refractivity contribution in [1.29, 1.82) is 0 Å². The summed E-state index contributed by atoms with van der Waals surface area (Å²) in [6.45, 7) is 9.43. The van der Waals surface area contributed by atoms with Crippen LogP contribution in [-0.4, -0.2) is 35.6 Å². The summed E-state index contributed by atoms with van der Waals surface area (Å²) in [5.74, 6) is 0. The average molecular weight is 154 g/mol. The van der Waals surface area contributed by atoms with Crippen LogP contribution in [0.25, 0.3) is 0 Å². The van der Waals surface area contributed by atoms with Crippen LogP contribution < -0.4 is 5.32 Å². The summed E-state index contributed by atoms with van der Waals surface area (Å²) in [6.07, 6.45) is 1.35. The van der Waals surface area contributed by atoms with E-state index in [9.17, 15) is 0 Å². The third kappa shape index (κ3) is 1.09. The molecule has 2 aliphatic rings. The van der Waals surface area contributed by atoms with E-state index in [1.54, 1.807) is 0 Å². The van der Waals surface area contributed by atoms with Crippen LogP contribution in [0.5, 0.6) is 0 Å². The van der Waals surface area contributed by atoms with Crippen molar-refractivity contribution >= 4 is 0 Å². The molecule has 1 N–H and O–H groups in total. The molecule has 2 rings (SSSR count). The molecule has 2 heterocycles. The second-order valence-electron chi connectivity index (χ2n) is 4.73. The smallest absolute Gasteiger partial charge is 0.0379 e. The first-order chi connectivity index (χ1) is 5.09. The van der Waals surface area contributed by atoms with Gasteiger partial charge in [-0.25, -0.2) is 0 Å². The van der Waals surface area contributed by atoms with Gasteiger partial charge in [-0.05, 0) is 27.2 Å². The lowest BCUT2D eigenvalue weighted by atomic mass is 9.98. The molecule has 0 aromatic heterocycles. The Hall–Kier alpha value is -0.0800. The van der Waals surface area contributed by atoms with Crippen molar-refractivity contribution < 1.29 is 0 Å². The van der Waals surface area contributed by atoms with Gasteiger partial charge in [-0.3, -0.25) is 4.90 Å². The first-order valence-electron chi connectivity index (χ1n) is 4.59. The van der Waals surface area contributed by atoms with Crippen molar-refractivity contribution in [1.82, 2.24) is 10.2 Å². The number of nitrogens with zero attached hydrogens (tertiary/aromatic N) is 1. The second kappa shape index (κ2) is 2.20. The molecule has 2 atom stereocenters. The summed E-state index contributed by atoms with van der Waals surface area (Å²) in [4.78, 5) is 2.63. The molecule has 0 saturated carbocycles. The van der Waals surface area contributed by atoms with Gasteiger partial charge >= 0.3 is 0 Å². The minimum absolute atomic E-state index is 0.377. The fourth-order valence-corrected chi connectivity index (χ4v) is 2.29. The Bertz CT molecular complexity index is 159. The normalized spacial score (nSPS) is 38.5. The molecule has 2 nitrogen and oxygen atoms in total. The highest BCUT2D eigenvalue weighted by Gasteiger charge is 2.44. The SMILES string of the molecule is CC(C)(C)N1CC[C@@H]2NC[C@@H]21. The molecule has 2 saturated heterocycles. The summed E-state index contributed by atoms with van der Waals surface area (Å²) in [7, 11) is 0. The molecule has 0 amide bonds. The topological polar surface area (TPSA) is 15.3 Å². The van der Waals surface area contributed by atoms with Crippen molar-refractivity contribution in [2.24, 2.45) is 0 Å². The van der Waals surface area contributed by atoms with Crippen LogP contribution in [0.1, 0.15) is 27.2 Å². The molecule has 2 aliphatic heterocycles. The van der Waals surface area contributed by atoms with Gasteiger partial charge in [0.05, 0.1) is 0 Å². The van der Waals surface area contributed by atoms with Crippen molar-refractivity contribution in [3.8, 4) is 0 Å². The first kappa shape index (κ1) is 7.56. The zero-order valence-corrected chi connectivity index (χ0v) is 7.72. The Balaban J connectivity index is 2.05. The maximum atomic E-state index is 3.47. The molecule has 11 heavy (non-hydrogen) atoms. The molecule has 0 bridgehead atoms. The van der Waals surface area contributed by atoms with Gasteiger partial charge in [0.15, 0.2) is 0 Å². The average Bonchev–Trinajstić information content (AvgIpc) is 2.05. The highest BCUT2D eigenvalue weighted by Crippen LogP contribution is 2.30. The van der Waals surface area contributed by atoms with Crippen LogP contribution in [0.15, 0.2) is 0 Å². The number of hydrogen-bond donors (Lipinski definition) is 1. The van der Waals surface area contributed by atoms with Gasteiger partial charge in [0.2, 0.25) is 0 Å². The lowest BCUT2D eigenvalue weighted by Crippen LogP contribution is -2.62. The molecule has 0 radical (unpaired) electrons. The van der Waals surface area contributed by atoms with Gasteiger partial charge in [-0.15, -0.1) is 0 Å². The molecule has 2 fully saturated rings. The van der Waals surface area contributed by atoms with E-state index >= 15 is 0 Å². The molecular formula is C9H18N2. The van der Waals surface area contributed by atoms with E-state index in [1.165, 1.54) is 19.5 Å². The highest BCUT2D eigenvalue weighted by atomic mass is 15.3. The Labute approximate surface area is 69.0 Å². The van der Waals surface area contributed by atoms with Crippen LogP contribution in [0.4, 0.5) is 0 Å². The second-order valence-corrected chi connectivity index (χ2v) is 4.73. The molecular weight excluding hydrogens is 136 g/mol. The summed E-state index contributed by atoms with van der Waals surface area (Å²) < 4.78 is 0. The lowest BCUT2D eigenvalue weighted by Gasteiger charge is -2.43. The summed E-state index contributed by atoms with van der Waals surface area (Å²) in [5, 5.41) is 3.47. The number of fused-ring (bicyclic) bond motifs is 1. The van der Waals surface area contributed by atoms with Gasteiger partial charge in [0.25, 0.3) is 0 Å². The Morgan fingerprint density at radius 2 is 2.09 bits per heavy atom. The van der Waals surface area contributed by atoms with Crippen LogP contribution in [-0.2, 0) is 0 Å². The third-order valence-electron chi connectivity index (χ3n) is 3.00. The minimum Gasteiger partial charge on any atom is -0.311 e. The van der Waals surface area contributed by atoms with Gasteiger partial charge in [-0.2, -0.15) is 0 Å². The van der Waals surface area contributed by atoms with E-state index in [-0.39, 0.29) is 0 Å². The van der Waals surface area contributed by atoms with Gasteiger partial charge in [0.1, 0.15) is 0 Å². The number of rotatable bonds is 0. The van der Waals surface area contributed by atoms with Crippen LogP contribution in [0.2, 0.25) is 0 Å². The summed E-state index contributed by atoms with van der Waals surface area (Å²) in [5.41, 5.74) is 0.377. The van der Waals surface area contributed by atoms with Crippen molar-refractivity contribution in [2.45, 2.75) is 44.8 Å². The van der Waals surface area contributed by atoms with Crippen molar-refractivity contribution in [3.05, 3.63) is 0 Å². The van der Waals surface area contributed by atoms with Gasteiger partial charge < -0.3 is 5.32 Å². The fraction of sp³-hybridized carbons (Fsp3) is 1.00. The minimum atomic E-state index is 0.377. The monoisotopic (exact) mass is 154 g/mol. The molecule has 0 aromatic carbocycles. The van der Waals surface area contributed by atoms with Gasteiger partial charge in [-0.1, -0.05) is 0 Å². The quantitative estimate of drug-likeness (QED) is 0.556. The number of likely N-dealkylation sites (tertiary alicyclic amines) is 1. The lowest BCUT2D eigenvalue weighted by molar-refractivity contribution is 0.0816. The van der Waals surface area contributed by atoms with Gasteiger partial charge in [0, 0.05) is 30.7 Å². The molecule has 0 aliphatic carbocycles. The molecule has 2 heteroatoms. The van der Waals surface area contributed by atoms with E-state index in [1.807, 2.05) is 0 Å². The first-order valence-corrected chi connectivity index (χ1v) is 4.59. The van der Waals surface area contributed by atoms with E-state index < -0.39 is 0 Å². The van der Waals surface area contributed by atoms with E-state index in [4.69, 9.17) is 0 Å². The largest absolute Gasteiger partial charge is 0.311 e. The zero-order chi connectivity index (χ0) is 8.06.